The molecule has 0 N–H and O–H groups in total. The van der Waals surface area contributed by atoms with E-state index in [-0.39, 0.29) is 0 Å². The van der Waals surface area contributed by atoms with Crippen LogP contribution in [-0.2, 0) is 0 Å². The van der Waals surface area contributed by atoms with Crippen LogP contribution in [0.4, 0.5) is 5.95 Å². The number of hydrogen-bond donors (Lipinski definition) is 0. The Morgan fingerprint density at radius 3 is 2.19 bits per heavy atom. The predicted octanol–water partition coefficient (Wildman–Crippen LogP) is 1.77. The summed E-state index contributed by atoms with van der Waals surface area (Å²) in [6, 6.07) is 0.632. The molecule has 2 heterocycles. The summed E-state index contributed by atoms with van der Waals surface area (Å²) in [5.41, 5.74) is 0. The maximum absolute atomic E-state index is 4.32. The molecule has 0 saturated carbocycles. The average molecular weight is 285 g/mol. The summed E-state index contributed by atoms with van der Waals surface area (Å²) in [6.45, 7) is 8.70. The van der Waals surface area contributed by atoms with Crippen LogP contribution in [0.2, 0.25) is 0 Å². The first-order valence-electron chi connectivity index (χ1n) is 5.63. The van der Waals surface area contributed by atoms with Crippen molar-refractivity contribution in [3.8, 4) is 0 Å². The zero-order valence-corrected chi connectivity index (χ0v) is 11.3. The fraction of sp³-hybridized carbons (Fsp3) is 0.636. The number of anilines is 1. The molecule has 1 aromatic heterocycles. The van der Waals surface area contributed by atoms with E-state index in [9.17, 15) is 0 Å². The Bertz CT molecular complexity index is 330. The molecule has 1 fully saturated rings. The van der Waals surface area contributed by atoms with Crippen molar-refractivity contribution in [1.82, 2.24) is 14.9 Å². The van der Waals surface area contributed by atoms with Gasteiger partial charge in [-0.05, 0) is 29.8 Å². The third kappa shape index (κ3) is 2.71. The first-order valence-corrected chi connectivity index (χ1v) is 6.42. The van der Waals surface area contributed by atoms with Gasteiger partial charge in [0.1, 0.15) is 0 Å². The van der Waals surface area contributed by atoms with Crippen LogP contribution >= 0.6 is 15.9 Å². The average Bonchev–Trinajstić information content (AvgIpc) is 2.30. The molecule has 88 valence electrons. The van der Waals surface area contributed by atoms with Gasteiger partial charge in [0, 0.05) is 44.6 Å². The highest BCUT2D eigenvalue weighted by atomic mass is 79.9. The van der Waals surface area contributed by atoms with Crippen molar-refractivity contribution < 1.29 is 0 Å². The lowest BCUT2D eigenvalue weighted by Gasteiger charge is -2.36. The Morgan fingerprint density at radius 2 is 1.69 bits per heavy atom. The maximum atomic E-state index is 4.32. The molecule has 1 aromatic rings. The highest BCUT2D eigenvalue weighted by molar-refractivity contribution is 9.10. The van der Waals surface area contributed by atoms with Crippen molar-refractivity contribution in [3.63, 3.8) is 0 Å². The number of halogens is 1. The van der Waals surface area contributed by atoms with Gasteiger partial charge in [-0.15, -0.1) is 0 Å². The minimum absolute atomic E-state index is 0.632. The number of hydrogen-bond acceptors (Lipinski definition) is 4. The van der Waals surface area contributed by atoms with Crippen molar-refractivity contribution >= 4 is 21.9 Å². The van der Waals surface area contributed by atoms with Gasteiger partial charge in [0.25, 0.3) is 0 Å². The fourth-order valence-corrected chi connectivity index (χ4v) is 2.11. The molecule has 4 nitrogen and oxygen atoms in total. The molecule has 0 unspecified atom stereocenters. The Kier molecular flexibility index (Phi) is 3.76. The van der Waals surface area contributed by atoms with Gasteiger partial charge in [-0.3, -0.25) is 4.90 Å². The lowest BCUT2D eigenvalue weighted by molar-refractivity contribution is 0.208. The molecule has 16 heavy (non-hydrogen) atoms. The Labute approximate surface area is 105 Å². The van der Waals surface area contributed by atoms with Gasteiger partial charge >= 0.3 is 0 Å². The lowest BCUT2D eigenvalue weighted by atomic mass is 10.2. The molecule has 0 aromatic carbocycles. The van der Waals surface area contributed by atoms with E-state index < -0.39 is 0 Å². The van der Waals surface area contributed by atoms with Crippen LogP contribution in [0.15, 0.2) is 16.9 Å². The molecule has 1 saturated heterocycles. The largest absolute Gasteiger partial charge is 0.338 e. The van der Waals surface area contributed by atoms with Crippen molar-refractivity contribution in [2.75, 3.05) is 31.1 Å². The quantitative estimate of drug-likeness (QED) is 0.829. The molecule has 0 atom stereocenters. The van der Waals surface area contributed by atoms with E-state index in [4.69, 9.17) is 0 Å². The van der Waals surface area contributed by atoms with Crippen molar-refractivity contribution in [1.29, 1.82) is 0 Å². The Balaban J connectivity index is 1.96. The van der Waals surface area contributed by atoms with Crippen LogP contribution in [0.25, 0.3) is 0 Å². The molecular formula is C11H17BrN4. The highest BCUT2D eigenvalue weighted by Crippen LogP contribution is 2.14. The first-order chi connectivity index (χ1) is 7.66. The van der Waals surface area contributed by atoms with Crippen molar-refractivity contribution in [2.45, 2.75) is 19.9 Å². The molecule has 0 aliphatic carbocycles. The zero-order chi connectivity index (χ0) is 11.5. The molecule has 1 aliphatic heterocycles. The van der Waals surface area contributed by atoms with Gasteiger partial charge < -0.3 is 4.90 Å². The topological polar surface area (TPSA) is 32.3 Å². The second-order valence-electron chi connectivity index (χ2n) is 4.32. The van der Waals surface area contributed by atoms with E-state index in [1.54, 1.807) is 12.4 Å². The third-order valence-corrected chi connectivity index (χ3v) is 3.34. The molecule has 5 heteroatoms. The van der Waals surface area contributed by atoms with Gasteiger partial charge in [0.2, 0.25) is 5.95 Å². The van der Waals surface area contributed by atoms with Crippen molar-refractivity contribution in [2.24, 2.45) is 0 Å². The summed E-state index contributed by atoms with van der Waals surface area (Å²) in [4.78, 5) is 13.4. The molecule has 0 amide bonds. The summed E-state index contributed by atoms with van der Waals surface area (Å²) in [5, 5.41) is 0. The minimum atomic E-state index is 0.632. The van der Waals surface area contributed by atoms with Crippen LogP contribution in [0, 0.1) is 0 Å². The highest BCUT2D eigenvalue weighted by Gasteiger charge is 2.20. The summed E-state index contributed by atoms with van der Waals surface area (Å²) in [5.74, 6) is 0.839. The van der Waals surface area contributed by atoms with E-state index >= 15 is 0 Å². The van der Waals surface area contributed by atoms with Crippen LogP contribution < -0.4 is 4.90 Å². The standard InChI is InChI=1S/C11H17BrN4/c1-9(2)15-3-5-16(6-4-15)11-13-7-10(12)8-14-11/h7-9H,3-6H2,1-2H3. The van der Waals surface area contributed by atoms with E-state index in [1.807, 2.05) is 0 Å². The normalized spacial score (nSPS) is 18.1. The SMILES string of the molecule is CC(C)N1CCN(c2ncc(Br)cn2)CC1. The van der Waals surface area contributed by atoms with Crippen LogP contribution in [0.3, 0.4) is 0 Å². The lowest BCUT2D eigenvalue weighted by Crippen LogP contribution is -2.49. The number of rotatable bonds is 2. The molecule has 1 aliphatic rings. The number of aromatic nitrogens is 2. The Hall–Kier alpha value is -0.680. The molecular weight excluding hydrogens is 268 g/mol. The maximum Gasteiger partial charge on any atom is 0.225 e. The second-order valence-corrected chi connectivity index (χ2v) is 5.23. The second kappa shape index (κ2) is 5.10. The molecule has 0 bridgehead atoms. The monoisotopic (exact) mass is 284 g/mol. The van der Waals surface area contributed by atoms with Gasteiger partial charge in [-0.1, -0.05) is 0 Å². The fourth-order valence-electron chi connectivity index (χ4n) is 1.91. The van der Waals surface area contributed by atoms with Gasteiger partial charge in [-0.25, -0.2) is 9.97 Å². The van der Waals surface area contributed by atoms with E-state index in [0.29, 0.717) is 6.04 Å². The smallest absolute Gasteiger partial charge is 0.225 e. The van der Waals surface area contributed by atoms with E-state index in [2.05, 4.69) is 49.5 Å². The van der Waals surface area contributed by atoms with Crippen LogP contribution in [0.1, 0.15) is 13.8 Å². The minimum Gasteiger partial charge on any atom is -0.338 e. The third-order valence-electron chi connectivity index (χ3n) is 2.93. The summed E-state index contributed by atoms with van der Waals surface area (Å²) in [6.07, 6.45) is 3.61. The Morgan fingerprint density at radius 1 is 1.12 bits per heavy atom. The van der Waals surface area contributed by atoms with Gasteiger partial charge in [0.05, 0.1) is 4.47 Å². The van der Waals surface area contributed by atoms with Crippen LogP contribution in [-0.4, -0.2) is 47.1 Å². The number of nitrogens with zero attached hydrogens (tertiary/aromatic N) is 4. The summed E-state index contributed by atoms with van der Waals surface area (Å²) in [7, 11) is 0. The van der Waals surface area contributed by atoms with Crippen molar-refractivity contribution in [3.05, 3.63) is 16.9 Å². The molecule has 2 rings (SSSR count). The summed E-state index contributed by atoms with van der Waals surface area (Å²) >= 11 is 3.35. The van der Waals surface area contributed by atoms with Gasteiger partial charge in [0.15, 0.2) is 0 Å². The molecule has 0 spiro atoms. The predicted molar refractivity (Wildman–Crippen MR) is 68.7 cm³/mol. The van der Waals surface area contributed by atoms with Gasteiger partial charge in [-0.2, -0.15) is 0 Å². The molecule has 0 radical (unpaired) electrons. The van der Waals surface area contributed by atoms with E-state index in [1.165, 1.54) is 0 Å². The van der Waals surface area contributed by atoms with E-state index in [0.717, 1.165) is 36.6 Å². The number of piperazine rings is 1. The summed E-state index contributed by atoms with van der Waals surface area (Å²) < 4.78 is 0.928. The zero-order valence-electron chi connectivity index (χ0n) is 9.73. The first kappa shape index (κ1) is 11.8. The van der Waals surface area contributed by atoms with Crippen LogP contribution in [0.5, 0.6) is 0 Å².